The molecule has 0 aliphatic rings. The van der Waals surface area contributed by atoms with Gasteiger partial charge in [0, 0.05) is 11.1 Å². The van der Waals surface area contributed by atoms with Gasteiger partial charge in [-0.05, 0) is 55.9 Å². The van der Waals surface area contributed by atoms with Crippen LogP contribution in [0.5, 0.6) is 11.5 Å². The Labute approximate surface area is 184 Å². The molecule has 1 heterocycles. The van der Waals surface area contributed by atoms with E-state index in [2.05, 4.69) is 15.7 Å². The van der Waals surface area contributed by atoms with Gasteiger partial charge < -0.3 is 20.1 Å². The number of aromatic nitrogens is 2. The molecule has 0 amide bonds. The van der Waals surface area contributed by atoms with Crippen molar-refractivity contribution < 1.29 is 13.9 Å². The maximum absolute atomic E-state index is 13.3. The zero-order valence-corrected chi connectivity index (χ0v) is 18.6. The maximum atomic E-state index is 13.3. The number of halogens is 2. The van der Waals surface area contributed by atoms with Crippen molar-refractivity contribution >= 4 is 40.3 Å². The van der Waals surface area contributed by atoms with E-state index in [0.717, 1.165) is 22.6 Å². The van der Waals surface area contributed by atoms with Gasteiger partial charge in [0.1, 0.15) is 17.3 Å². The number of hydrogen-bond acceptors (Lipinski definition) is 4. The largest absolute Gasteiger partial charge is 0.497 e. The molecule has 0 saturated heterocycles. The Morgan fingerprint density at radius 1 is 1.13 bits per heavy atom. The van der Waals surface area contributed by atoms with Crippen molar-refractivity contribution in [2.75, 3.05) is 24.9 Å². The van der Waals surface area contributed by atoms with E-state index in [1.807, 2.05) is 26.0 Å². The molecule has 0 spiro atoms. The Balaban J connectivity index is 1.76. The van der Waals surface area contributed by atoms with E-state index in [0.29, 0.717) is 33.9 Å². The smallest absolute Gasteiger partial charge is 0.175 e. The number of aryl methyl sites for hydroxylation is 1. The minimum absolute atomic E-state index is 0.362. The van der Waals surface area contributed by atoms with E-state index in [9.17, 15) is 4.39 Å². The van der Waals surface area contributed by atoms with Crippen LogP contribution in [0.4, 0.5) is 15.8 Å². The molecule has 0 saturated carbocycles. The normalized spacial score (nSPS) is 10.6. The molecule has 0 aliphatic carbocycles. The van der Waals surface area contributed by atoms with Gasteiger partial charge in [-0.3, -0.25) is 4.68 Å². The summed E-state index contributed by atoms with van der Waals surface area (Å²) >= 11 is 11.6. The van der Waals surface area contributed by atoms with E-state index >= 15 is 0 Å². The molecule has 0 aliphatic heterocycles. The van der Waals surface area contributed by atoms with Crippen molar-refractivity contribution in [3.63, 3.8) is 0 Å². The first-order valence-electron chi connectivity index (χ1n) is 9.10. The van der Waals surface area contributed by atoms with Crippen LogP contribution in [0.3, 0.4) is 0 Å². The van der Waals surface area contributed by atoms with Gasteiger partial charge in [0.25, 0.3) is 0 Å². The molecule has 3 rings (SSSR count). The van der Waals surface area contributed by atoms with Gasteiger partial charge in [0.2, 0.25) is 0 Å². The number of anilines is 2. The van der Waals surface area contributed by atoms with E-state index in [1.54, 1.807) is 31.0 Å². The highest BCUT2D eigenvalue weighted by atomic mass is 35.5. The second kappa shape index (κ2) is 9.32. The second-order valence-corrected chi connectivity index (χ2v) is 7.40. The summed E-state index contributed by atoms with van der Waals surface area (Å²) in [5, 5.41) is 11.6. The first-order chi connectivity index (χ1) is 14.3. The molecule has 0 atom stereocenters. The topological polar surface area (TPSA) is 60.3 Å². The first-order valence-corrected chi connectivity index (χ1v) is 9.89. The van der Waals surface area contributed by atoms with Crippen LogP contribution in [-0.4, -0.2) is 29.1 Å². The van der Waals surface area contributed by atoms with Gasteiger partial charge >= 0.3 is 0 Å². The van der Waals surface area contributed by atoms with Crippen molar-refractivity contribution in [3.8, 4) is 11.5 Å². The number of nitrogens with one attached hydrogen (secondary N) is 2. The summed E-state index contributed by atoms with van der Waals surface area (Å²) in [5.41, 5.74) is 3.92. The van der Waals surface area contributed by atoms with E-state index in [1.165, 1.54) is 12.1 Å². The molecular weight excluding hydrogens is 427 g/mol. The van der Waals surface area contributed by atoms with Crippen LogP contribution >= 0.6 is 23.8 Å². The Kier molecular flexibility index (Phi) is 6.79. The lowest BCUT2D eigenvalue weighted by Gasteiger charge is -2.14. The van der Waals surface area contributed by atoms with Crippen LogP contribution in [-0.2, 0) is 6.54 Å². The monoisotopic (exact) mass is 448 g/mol. The number of rotatable bonds is 6. The van der Waals surface area contributed by atoms with E-state index < -0.39 is 0 Å². The summed E-state index contributed by atoms with van der Waals surface area (Å²) in [4.78, 5) is 0. The Hall–Kier alpha value is -2.84. The zero-order valence-electron chi connectivity index (χ0n) is 17.0. The highest BCUT2D eigenvalue weighted by Gasteiger charge is 2.15. The van der Waals surface area contributed by atoms with Gasteiger partial charge in [0.05, 0.1) is 43.5 Å². The van der Waals surface area contributed by atoms with Crippen LogP contribution < -0.4 is 20.1 Å². The van der Waals surface area contributed by atoms with E-state index in [-0.39, 0.29) is 5.82 Å². The van der Waals surface area contributed by atoms with Crippen LogP contribution in [0.25, 0.3) is 0 Å². The van der Waals surface area contributed by atoms with Crippen molar-refractivity contribution in [2.45, 2.75) is 20.4 Å². The van der Waals surface area contributed by atoms with Crippen molar-refractivity contribution in [1.82, 2.24) is 9.78 Å². The second-order valence-electron chi connectivity index (χ2n) is 6.58. The molecule has 2 N–H and O–H groups in total. The molecule has 0 unspecified atom stereocenters. The lowest BCUT2D eigenvalue weighted by atomic mass is 10.2. The standard InChI is InChI=1S/C21H22ClFN4O2S/c1-12-20(13(2)27(26-12)11-14-5-6-15(23)9-17(14)22)25-21(30)24-18-8-7-16(28-3)10-19(18)29-4/h5-10H,11H2,1-4H3,(H2,24,25,30). The number of hydrogen-bond donors (Lipinski definition) is 2. The number of nitrogens with zero attached hydrogens (tertiary/aromatic N) is 2. The minimum Gasteiger partial charge on any atom is -0.497 e. The summed E-state index contributed by atoms with van der Waals surface area (Å²) < 4.78 is 25.7. The van der Waals surface area contributed by atoms with Gasteiger partial charge in [-0.25, -0.2) is 4.39 Å². The summed E-state index contributed by atoms with van der Waals surface area (Å²) in [5.74, 6) is 0.919. The third kappa shape index (κ3) is 4.83. The Morgan fingerprint density at radius 3 is 2.57 bits per heavy atom. The fourth-order valence-corrected chi connectivity index (χ4v) is 3.45. The summed E-state index contributed by atoms with van der Waals surface area (Å²) in [7, 11) is 3.17. The average Bonchev–Trinajstić information content (AvgIpc) is 2.97. The van der Waals surface area contributed by atoms with Gasteiger partial charge in [-0.1, -0.05) is 17.7 Å². The van der Waals surface area contributed by atoms with Crippen molar-refractivity contribution in [2.24, 2.45) is 0 Å². The lowest BCUT2D eigenvalue weighted by Crippen LogP contribution is -2.20. The van der Waals surface area contributed by atoms with Crippen LogP contribution in [0.1, 0.15) is 17.0 Å². The molecule has 2 aromatic carbocycles. The lowest BCUT2D eigenvalue weighted by molar-refractivity contribution is 0.395. The summed E-state index contributed by atoms with van der Waals surface area (Å²) in [6.07, 6.45) is 0. The molecule has 0 bridgehead atoms. The van der Waals surface area contributed by atoms with E-state index in [4.69, 9.17) is 33.3 Å². The first kappa shape index (κ1) is 21.9. The minimum atomic E-state index is -0.371. The maximum Gasteiger partial charge on any atom is 0.175 e. The highest BCUT2D eigenvalue weighted by molar-refractivity contribution is 7.80. The average molecular weight is 449 g/mol. The molecule has 3 aromatic rings. The van der Waals surface area contributed by atoms with Gasteiger partial charge in [0.15, 0.2) is 5.11 Å². The molecule has 30 heavy (non-hydrogen) atoms. The third-order valence-corrected chi connectivity index (χ3v) is 5.17. The van der Waals surface area contributed by atoms with Crippen LogP contribution in [0, 0.1) is 19.7 Å². The predicted octanol–water partition coefficient (Wildman–Crippen LogP) is 5.17. The highest BCUT2D eigenvalue weighted by Crippen LogP contribution is 2.29. The number of benzene rings is 2. The zero-order chi connectivity index (χ0) is 21.8. The number of methoxy groups -OCH3 is 2. The van der Waals surface area contributed by atoms with Gasteiger partial charge in [-0.2, -0.15) is 5.10 Å². The number of thiocarbonyl (C=S) groups is 1. The fourth-order valence-electron chi connectivity index (χ4n) is 3.01. The summed E-state index contributed by atoms with van der Waals surface area (Å²) in [6, 6.07) is 9.74. The molecular formula is C21H22ClFN4O2S. The third-order valence-electron chi connectivity index (χ3n) is 4.61. The van der Waals surface area contributed by atoms with Crippen LogP contribution in [0.2, 0.25) is 5.02 Å². The molecule has 0 radical (unpaired) electrons. The molecule has 9 heteroatoms. The number of ether oxygens (including phenoxy) is 2. The summed E-state index contributed by atoms with van der Waals surface area (Å²) in [6.45, 7) is 4.23. The SMILES string of the molecule is COc1ccc(NC(=S)Nc2c(C)nn(Cc3ccc(F)cc3Cl)c2C)c(OC)c1. The van der Waals surface area contributed by atoms with Crippen LogP contribution in [0.15, 0.2) is 36.4 Å². The fraction of sp³-hybridized carbons (Fsp3) is 0.238. The quantitative estimate of drug-likeness (QED) is 0.507. The Bertz CT molecular complexity index is 1090. The van der Waals surface area contributed by atoms with Crippen molar-refractivity contribution in [1.29, 1.82) is 0 Å². The predicted molar refractivity (Wildman–Crippen MR) is 122 cm³/mol. The van der Waals surface area contributed by atoms with Crippen molar-refractivity contribution in [3.05, 3.63) is 64.2 Å². The molecule has 1 aromatic heterocycles. The van der Waals surface area contributed by atoms with Gasteiger partial charge in [-0.15, -0.1) is 0 Å². The molecule has 158 valence electrons. The molecule has 0 fully saturated rings. The molecule has 6 nitrogen and oxygen atoms in total. The Morgan fingerprint density at radius 2 is 1.90 bits per heavy atom.